The Hall–Kier alpha value is -2.05. The second kappa shape index (κ2) is 6.15. The predicted octanol–water partition coefficient (Wildman–Crippen LogP) is 2.73. The molecule has 2 aromatic heterocycles. The highest BCUT2D eigenvalue weighted by Gasteiger charge is 2.21. The molecule has 0 aliphatic heterocycles. The summed E-state index contributed by atoms with van der Waals surface area (Å²) >= 11 is 3.55. The summed E-state index contributed by atoms with van der Waals surface area (Å²) in [4.78, 5) is 4.46. The van der Waals surface area contributed by atoms with Crippen molar-refractivity contribution in [2.75, 3.05) is 7.05 Å². The molecule has 1 aromatic carbocycles. The fourth-order valence-corrected chi connectivity index (χ4v) is 2.73. The van der Waals surface area contributed by atoms with Crippen molar-refractivity contribution in [1.29, 1.82) is 0 Å². The molecule has 6 heteroatoms. The van der Waals surface area contributed by atoms with Crippen LogP contribution < -0.4 is 5.32 Å². The van der Waals surface area contributed by atoms with Gasteiger partial charge in [-0.1, -0.05) is 23.4 Å². The van der Waals surface area contributed by atoms with E-state index in [-0.39, 0.29) is 6.04 Å². The van der Waals surface area contributed by atoms with E-state index < -0.39 is 0 Å². The normalized spacial score (nSPS) is 12.3. The molecule has 0 aliphatic carbocycles. The van der Waals surface area contributed by atoms with Crippen molar-refractivity contribution in [2.45, 2.75) is 6.04 Å². The Morgan fingerprint density at radius 3 is 2.67 bits per heavy atom. The Bertz CT molecular complexity index is 726. The van der Waals surface area contributed by atoms with E-state index in [2.05, 4.69) is 36.5 Å². The smallest absolute Gasteiger partial charge is 0.0952 e. The van der Waals surface area contributed by atoms with Crippen LogP contribution >= 0.6 is 15.9 Å². The lowest BCUT2D eigenvalue weighted by Gasteiger charge is -2.17. The van der Waals surface area contributed by atoms with Gasteiger partial charge in [0.15, 0.2) is 0 Å². The van der Waals surface area contributed by atoms with Crippen LogP contribution in [0.4, 0.5) is 0 Å². The standard InChI is InChI=1S/C15H14BrN5/c1-17-15(14-12(16)8-5-9-18-14)13-10-19-20-21(13)11-6-3-2-4-7-11/h2-10,15,17H,1H3. The van der Waals surface area contributed by atoms with Crippen molar-refractivity contribution in [3.63, 3.8) is 0 Å². The lowest BCUT2D eigenvalue weighted by Crippen LogP contribution is -2.22. The number of hydrogen-bond acceptors (Lipinski definition) is 4. The summed E-state index contributed by atoms with van der Waals surface area (Å²) in [5, 5.41) is 11.5. The minimum Gasteiger partial charge on any atom is -0.307 e. The summed E-state index contributed by atoms with van der Waals surface area (Å²) in [6, 6.07) is 13.7. The Morgan fingerprint density at radius 1 is 1.14 bits per heavy atom. The van der Waals surface area contributed by atoms with Gasteiger partial charge in [0.25, 0.3) is 0 Å². The van der Waals surface area contributed by atoms with Crippen molar-refractivity contribution in [3.8, 4) is 5.69 Å². The maximum atomic E-state index is 4.46. The van der Waals surface area contributed by atoms with Gasteiger partial charge in [-0.05, 0) is 47.2 Å². The average Bonchev–Trinajstić information content (AvgIpc) is 3.00. The fraction of sp³-hybridized carbons (Fsp3) is 0.133. The first-order chi connectivity index (χ1) is 10.3. The maximum absolute atomic E-state index is 4.46. The van der Waals surface area contributed by atoms with E-state index in [0.29, 0.717) is 0 Å². The third-order valence-electron chi connectivity index (χ3n) is 3.22. The first-order valence-corrected chi connectivity index (χ1v) is 7.34. The van der Waals surface area contributed by atoms with Gasteiger partial charge in [0.2, 0.25) is 0 Å². The van der Waals surface area contributed by atoms with Gasteiger partial charge in [0.1, 0.15) is 0 Å². The van der Waals surface area contributed by atoms with Crippen molar-refractivity contribution >= 4 is 15.9 Å². The topological polar surface area (TPSA) is 55.6 Å². The number of benzene rings is 1. The number of pyridine rings is 1. The van der Waals surface area contributed by atoms with E-state index in [4.69, 9.17) is 0 Å². The van der Waals surface area contributed by atoms with Crippen LogP contribution in [-0.2, 0) is 0 Å². The third-order valence-corrected chi connectivity index (χ3v) is 3.89. The summed E-state index contributed by atoms with van der Waals surface area (Å²) in [5.74, 6) is 0. The van der Waals surface area contributed by atoms with Crippen molar-refractivity contribution in [1.82, 2.24) is 25.3 Å². The molecule has 0 saturated heterocycles. The van der Waals surface area contributed by atoms with Gasteiger partial charge < -0.3 is 5.32 Å². The van der Waals surface area contributed by atoms with Gasteiger partial charge in [-0.25, -0.2) is 4.68 Å². The van der Waals surface area contributed by atoms with Crippen LogP contribution in [0.25, 0.3) is 5.69 Å². The zero-order valence-corrected chi connectivity index (χ0v) is 13.0. The third kappa shape index (κ3) is 2.72. The Balaban J connectivity index is 2.08. The van der Waals surface area contributed by atoms with Gasteiger partial charge in [-0.2, -0.15) is 0 Å². The second-order valence-electron chi connectivity index (χ2n) is 4.50. The van der Waals surface area contributed by atoms with Gasteiger partial charge in [0, 0.05) is 10.7 Å². The Labute approximate surface area is 131 Å². The summed E-state index contributed by atoms with van der Waals surface area (Å²) in [6.45, 7) is 0. The molecule has 5 nitrogen and oxygen atoms in total. The Morgan fingerprint density at radius 2 is 1.95 bits per heavy atom. The van der Waals surface area contributed by atoms with Crippen LogP contribution in [-0.4, -0.2) is 27.0 Å². The van der Waals surface area contributed by atoms with Gasteiger partial charge in [0.05, 0.1) is 29.3 Å². The minimum atomic E-state index is -0.101. The van der Waals surface area contributed by atoms with E-state index in [1.807, 2.05) is 54.2 Å². The summed E-state index contributed by atoms with van der Waals surface area (Å²) in [6.07, 6.45) is 3.54. The van der Waals surface area contributed by atoms with E-state index in [9.17, 15) is 0 Å². The molecule has 106 valence electrons. The van der Waals surface area contributed by atoms with E-state index in [1.165, 1.54) is 0 Å². The summed E-state index contributed by atoms with van der Waals surface area (Å²) in [5.41, 5.74) is 2.81. The molecule has 1 N–H and O–H groups in total. The molecular formula is C15H14BrN5. The van der Waals surface area contributed by atoms with Crippen LogP contribution in [0.15, 0.2) is 59.3 Å². The van der Waals surface area contributed by atoms with Crippen LogP contribution in [0.5, 0.6) is 0 Å². The lowest BCUT2D eigenvalue weighted by molar-refractivity contribution is 0.617. The number of halogens is 1. The number of nitrogens with zero attached hydrogens (tertiary/aromatic N) is 4. The highest BCUT2D eigenvalue weighted by atomic mass is 79.9. The van der Waals surface area contributed by atoms with Gasteiger partial charge in [-0.15, -0.1) is 5.10 Å². The fourth-order valence-electron chi connectivity index (χ4n) is 2.24. The highest BCUT2D eigenvalue weighted by Crippen LogP contribution is 2.27. The first-order valence-electron chi connectivity index (χ1n) is 6.55. The number of rotatable bonds is 4. The van der Waals surface area contributed by atoms with Crippen LogP contribution in [0, 0.1) is 0 Å². The number of para-hydroxylation sites is 1. The monoisotopic (exact) mass is 343 g/mol. The molecule has 1 unspecified atom stereocenters. The van der Waals surface area contributed by atoms with Crippen molar-refractivity contribution < 1.29 is 0 Å². The zero-order valence-electron chi connectivity index (χ0n) is 11.4. The number of aromatic nitrogens is 4. The molecule has 0 bridgehead atoms. The minimum absolute atomic E-state index is 0.101. The van der Waals surface area contributed by atoms with Gasteiger partial charge in [-0.3, -0.25) is 4.98 Å². The molecule has 3 aromatic rings. The molecule has 0 radical (unpaired) electrons. The molecular weight excluding hydrogens is 330 g/mol. The van der Waals surface area contributed by atoms with Crippen molar-refractivity contribution in [3.05, 3.63) is 70.7 Å². The van der Waals surface area contributed by atoms with E-state index in [0.717, 1.165) is 21.5 Å². The summed E-state index contributed by atoms with van der Waals surface area (Å²) in [7, 11) is 1.90. The molecule has 0 amide bonds. The first kappa shape index (κ1) is 13.9. The Kier molecular flexibility index (Phi) is 4.08. The van der Waals surface area contributed by atoms with E-state index in [1.54, 1.807) is 12.4 Å². The maximum Gasteiger partial charge on any atom is 0.0952 e. The molecule has 0 aliphatic rings. The second-order valence-corrected chi connectivity index (χ2v) is 5.35. The average molecular weight is 344 g/mol. The van der Waals surface area contributed by atoms with Crippen LogP contribution in [0.1, 0.15) is 17.4 Å². The number of hydrogen-bond donors (Lipinski definition) is 1. The SMILES string of the molecule is CNC(c1ncccc1Br)c1cnnn1-c1ccccc1. The molecule has 0 spiro atoms. The molecule has 3 rings (SSSR count). The highest BCUT2D eigenvalue weighted by molar-refractivity contribution is 9.10. The molecule has 0 saturated carbocycles. The quantitative estimate of drug-likeness (QED) is 0.791. The van der Waals surface area contributed by atoms with Crippen LogP contribution in [0.3, 0.4) is 0 Å². The summed E-state index contributed by atoms with van der Waals surface area (Å²) < 4.78 is 2.77. The van der Waals surface area contributed by atoms with Crippen LogP contribution in [0.2, 0.25) is 0 Å². The molecule has 2 heterocycles. The largest absolute Gasteiger partial charge is 0.307 e. The van der Waals surface area contributed by atoms with Crippen molar-refractivity contribution in [2.24, 2.45) is 0 Å². The molecule has 21 heavy (non-hydrogen) atoms. The molecule has 1 atom stereocenters. The van der Waals surface area contributed by atoms with Gasteiger partial charge >= 0.3 is 0 Å². The number of nitrogens with one attached hydrogen (secondary N) is 1. The molecule has 0 fully saturated rings. The predicted molar refractivity (Wildman–Crippen MR) is 84.2 cm³/mol. The lowest BCUT2D eigenvalue weighted by atomic mass is 10.1. The zero-order chi connectivity index (χ0) is 14.7. The van der Waals surface area contributed by atoms with E-state index >= 15 is 0 Å².